The van der Waals surface area contributed by atoms with Crippen LogP contribution in [0.5, 0.6) is 5.75 Å². The molecule has 0 aromatic heterocycles. The number of anilines is 1. The van der Waals surface area contributed by atoms with E-state index in [4.69, 9.17) is 5.11 Å². The minimum atomic E-state index is -1.07. The molecule has 0 bridgehead atoms. The Balaban J connectivity index is 2.58. The van der Waals surface area contributed by atoms with E-state index in [0.717, 1.165) is 6.42 Å². The Bertz CT molecular complexity index is 448. The molecule has 0 heterocycles. The summed E-state index contributed by atoms with van der Waals surface area (Å²) >= 11 is 0. The van der Waals surface area contributed by atoms with E-state index in [1.54, 1.807) is 18.2 Å². The standard InChI is InChI=1S/C13H18N2O4/c1-2-7-14-10(13(18)19)8-12(17)15-9-5-3-4-6-11(9)16/h3-6,10,14,16H,2,7-8H2,1H3,(H,15,17)(H,18,19). The molecule has 1 amide bonds. The largest absolute Gasteiger partial charge is 0.506 e. The van der Waals surface area contributed by atoms with Crippen LogP contribution in [0.1, 0.15) is 19.8 Å². The third-order valence-corrected chi connectivity index (χ3v) is 2.51. The number of para-hydroxylation sites is 2. The molecule has 4 N–H and O–H groups in total. The SMILES string of the molecule is CCCNC(CC(=O)Nc1ccccc1O)C(=O)O. The van der Waals surface area contributed by atoms with Crippen molar-refractivity contribution in [1.82, 2.24) is 5.32 Å². The summed E-state index contributed by atoms with van der Waals surface area (Å²) in [6.45, 7) is 2.44. The van der Waals surface area contributed by atoms with Gasteiger partial charge in [-0.15, -0.1) is 0 Å². The third-order valence-electron chi connectivity index (χ3n) is 2.51. The molecule has 104 valence electrons. The van der Waals surface area contributed by atoms with Gasteiger partial charge in [-0.1, -0.05) is 19.1 Å². The van der Waals surface area contributed by atoms with E-state index < -0.39 is 17.9 Å². The van der Waals surface area contributed by atoms with Crippen molar-refractivity contribution in [2.45, 2.75) is 25.8 Å². The topological polar surface area (TPSA) is 98.7 Å². The zero-order chi connectivity index (χ0) is 14.3. The van der Waals surface area contributed by atoms with E-state index in [1.165, 1.54) is 6.07 Å². The number of carbonyl (C=O) groups is 2. The second-order valence-electron chi connectivity index (χ2n) is 4.11. The fourth-order valence-corrected chi connectivity index (χ4v) is 1.53. The number of nitrogens with one attached hydrogen (secondary N) is 2. The number of rotatable bonds is 7. The molecule has 6 heteroatoms. The Kier molecular flexibility index (Phi) is 5.81. The molecule has 6 nitrogen and oxygen atoms in total. The van der Waals surface area contributed by atoms with Crippen LogP contribution in [0.3, 0.4) is 0 Å². The first-order chi connectivity index (χ1) is 9.04. The highest BCUT2D eigenvalue weighted by molar-refractivity contribution is 5.95. The maximum atomic E-state index is 11.7. The molecule has 19 heavy (non-hydrogen) atoms. The molecule has 1 unspecified atom stereocenters. The smallest absolute Gasteiger partial charge is 0.321 e. The molecule has 0 aliphatic carbocycles. The van der Waals surface area contributed by atoms with E-state index in [0.29, 0.717) is 6.54 Å². The number of benzene rings is 1. The van der Waals surface area contributed by atoms with E-state index in [-0.39, 0.29) is 17.9 Å². The summed E-state index contributed by atoms with van der Waals surface area (Å²) in [6, 6.07) is 5.36. The van der Waals surface area contributed by atoms with Crippen LogP contribution in [-0.2, 0) is 9.59 Å². The van der Waals surface area contributed by atoms with E-state index in [9.17, 15) is 14.7 Å². The second kappa shape index (κ2) is 7.38. The zero-order valence-electron chi connectivity index (χ0n) is 10.7. The van der Waals surface area contributed by atoms with Crippen LogP contribution in [-0.4, -0.2) is 34.7 Å². The lowest BCUT2D eigenvalue weighted by molar-refractivity contribution is -0.141. The van der Waals surface area contributed by atoms with Crippen LogP contribution >= 0.6 is 0 Å². The molecule has 0 spiro atoms. The first-order valence-electron chi connectivity index (χ1n) is 6.08. The Morgan fingerprint density at radius 1 is 1.32 bits per heavy atom. The minimum absolute atomic E-state index is 0.0516. The lowest BCUT2D eigenvalue weighted by Crippen LogP contribution is -2.40. The van der Waals surface area contributed by atoms with Crippen molar-refractivity contribution in [3.63, 3.8) is 0 Å². The lowest BCUT2D eigenvalue weighted by atomic mass is 10.2. The summed E-state index contributed by atoms with van der Waals surface area (Å²) in [7, 11) is 0. The van der Waals surface area contributed by atoms with Gasteiger partial charge in [-0.05, 0) is 25.1 Å². The predicted octanol–water partition coefficient (Wildman–Crippen LogP) is 1.17. The van der Waals surface area contributed by atoms with E-state index in [1.807, 2.05) is 6.92 Å². The average molecular weight is 266 g/mol. The van der Waals surface area contributed by atoms with Crippen LogP contribution < -0.4 is 10.6 Å². The van der Waals surface area contributed by atoms with Crippen molar-refractivity contribution in [1.29, 1.82) is 0 Å². The molecule has 0 aliphatic rings. The maximum absolute atomic E-state index is 11.7. The molecule has 0 saturated heterocycles. The number of hydrogen-bond donors (Lipinski definition) is 4. The Morgan fingerprint density at radius 3 is 2.58 bits per heavy atom. The van der Waals surface area contributed by atoms with Crippen molar-refractivity contribution in [2.24, 2.45) is 0 Å². The number of carboxylic acid groups (broad SMARTS) is 1. The number of aliphatic carboxylic acids is 1. The molecular weight excluding hydrogens is 248 g/mol. The average Bonchev–Trinajstić information content (AvgIpc) is 2.37. The molecule has 1 aromatic rings. The predicted molar refractivity (Wildman–Crippen MR) is 71.1 cm³/mol. The van der Waals surface area contributed by atoms with Gasteiger partial charge in [-0.2, -0.15) is 0 Å². The van der Waals surface area contributed by atoms with Crippen molar-refractivity contribution in [3.05, 3.63) is 24.3 Å². The Hall–Kier alpha value is -2.08. The van der Waals surface area contributed by atoms with Gasteiger partial charge in [0, 0.05) is 0 Å². The van der Waals surface area contributed by atoms with Crippen molar-refractivity contribution in [3.8, 4) is 5.75 Å². The molecule has 0 aliphatic heterocycles. The van der Waals surface area contributed by atoms with Gasteiger partial charge >= 0.3 is 5.97 Å². The summed E-state index contributed by atoms with van der Waals surface area (Å²) in [6.07, 6.45) is 0.592. The molecule has 0 saturated carbocycles. The molecule has 1 rings (SSSR count). The lowest BCUT2D eigenvalue weighted by Gasteiger charge is -2.14. The van der Waals surface area contributed by atoms with E-state index >= 15 is 0 Å². The summed E-state index contributed by atoms with van der Waals surface area (Å²) in [5.41, 5.74) is 0.270. The minimum Gasteiger partial charge on any atom is -0.506 e. The number of hydrogen-bond acceptors (Lipinski definition) is 4. The monoisotopic (exact) mass is 266 g/mol. The maximum Gasteiger partial charge on any atom is 0.321 e. The molecule has 0 radical (unpaired) electrons. The summed E-state index contributed by atoms with van der Waals surface area (Å²) < 4.78 is 0. The number of amides is 1. The molecule has 1 aromatic carbocycles. The number of aromatic hydroxyl groups is 1. The number of phenols is 1. The zero-order valence-corrected chi connectivity index (χ0v) is 10.7. The van der Waals surface area contributed by atoms with Gasteiger partial charge in [0.25, 0.3) is 0 Å². The van der Waals surface area contributed by atoms with Crippen molar-refractivity contribution < 1.29 is 19.8 Å². The molecular formula is C13H18N2O4. The van der Waals surface area contributed by atoms with Crippen molar-refractivity contribution in [2.75, 3.05) is 11.9 Å². The van der Waals surface area contributed by atoms with Crippen LogP contribution in [0.15, 0.2) is 24.3 Å². The number of carbonyl (C=O) groups excluding carboxylic acids is 1. The van der Waals surface area contributed by atoms with Gasteiger partial charge in [0.15, 0.2) is 0 Å². The van der Waals surface area contributed by atoms with Crippen LogP contribution in [0, 0.1) is 0 Å². The van der Waals surface area contributed by atoms with Crippen LogP contribution in [0.25, 0.3) is 0 Å². The number of phenolic OH excluding ortho intramolecular Hbond substituents is 1. The molecule has 1 atom stereocenters. The highest BCUT2D eigenvalue weighted by Gasteiger charge is 2.20. The first kappa shape index (κ1) is 15.0. The van der Waals surface area contributed by atoms with Gasteiger partial charge in [0.1, 0.15) is 11.8 Å². The van der Waals surface area contributed by atoms with Crippen molar-refractivity contribution >= 4 is 17.6 Å². The summed E-state index contributed by atoms with van der Waals surface area (Å²) in [5.74, 6) is -1.58. The Morgan fingerprint density at radius 2 is 2.00 bits per heavy atom. The first-order valence-corrected chi connectivity index (χ1v) is 6.08. The van der Waals surface area contributed by atoms with Gasteiger partial charge in [0.05, 0.1) is 12.1 Å². The van der Waals surface area contributed by atoms with Gasteiger partial charge in [-0.25, -0.2) is 0 Å². The van der Waals surface area contributed by atoms with E-state index in [2.05, 4.69) is 10.6 Å². The molecule has 0 fully saturated rings. The highest BCUT2D eigenvalue weighted by atomic mass is 16.4. The summed E-state index contributed by atoms with van der Waals surface area (Å²) in [5, 5.41) is 23.7. The fraction of sp³-hybridized carbons (Fsp3) is 0.385. The van der Waals surface area contributed by atoms with Crippen LogP contribution in [0.4, 0.5) is 5.69 Å². The fourth-order valence-electron chi connectivity index (χ4n) is 1.53. The second-order valence-corrected chi connectivity index (χ2v) is 4.11. The number of carboxylic acids is 1. The van der Waals surface area contributed by atoms with Gasteiger partial charge < -0.3 is 20.8 Å². The summed E-state index contributed by atoms with van der Waals surface area (Å²) in [4.78, 5) is 22.7. The normalized spacial score (nSPS) is 11.8. The van der Waals surface area contributed by atoms with Crippen LogP contribution in [0.2, 0.25) is 0 Å². The quantitative estimate of drug-likeness (QED) is 0.555. The third kappa shape index (κ3) is 4.97. The van der Waals surface area contributed by atoms with Gasteiger partial charge in [-0.3, -0.25) is 9.59 Å². The van der Waals surface area contributed by atoms with Gasteiger partial charge in [0.2, 0.25) is 5.91 Å². The highest BCUT2D eigenvalue weighted by Crippen LogP contribution is 2.21. The Labute approximate surface area is 111 Å².